The van der Waals surface area contributed by atoms with E-state index in [2.05, 4.69) is 20.0 Å². The summed E-state index contributed by atoms with van der Waals surface area (Å²) in [4.78, 5) is 31.1. The Bertz CT molecular complexity index is 1690. The summed E-state index contributed by atoms with van der Waals surface area (Å²) in [6.45, 7) is 1.96. The predicted molar refractivity (Wildman–Crippen MR) is 136 cm³/mol. The van der Waals surface area contributed by atoms with E-state index < -0.39 is 11.7 Å². The number of halogens is 1. The molecule has 2 aromatic carbocycles. The van der Waals surface area contributed by atoms with Crippen molar-refractivity contribution in [3.05, 3.63) is 88.2 Å². The fourth-order valence-corrected chi connectivity index (χ4v) is 4.86. The smallest absolute Gasteiger partial charge is 0.276 e. The molecule has 0 unspecified atom stereocenters. The molecule has 35 heavy (non-hydrogen) atoms. The Balaban J connectivity index is 1.46. The summed E-state index contributed by atoms with van der Waals surface area (Å²) >= 11 is 1.13. The van der Waals surface area contributed by atoms with Gasteiger partial charge in [-0.15, -0.1) is 0 Å². The summed E-state index contributed by atoms with van der Waals surface area (Å²) in [7, 11) is 0. The molecule has 1 saturated carbocycles. The van der Waals surface area contributed by atoms with Gasteiger partial charge in [0.25, 0.3) is 11.5 Å². The van der Waals surface area contributed by atoms with Crippen LogP contribution in [0.1, 0.15) is 34.9 Å². The summed E-state index contributed by atoms with van der Waals surface area (Å²) in [6.07, 6.45) is 3.73. The van der Waals surface area contributed by atoms with E-state index in [4.69, 9.17) is 0 Å². The molecule has 5 aromatic rings. The molecule has 0 radical (unpaired) electrons. The number of aryl methyl sites for hydroxylation is 1. The van der Waals surface area contributed by atoms with Crippen molar-refractivity contribution < 1.29 is 9.18 Å². The van der Waals surface area contributed by atoms with Gasteiger partial charge in [0.05, 0.1) is 21.3 Å². The molecule has 3 aromatic heterocycles. The van der Waals surface area contributed by atoms with Gasteiger partial charge in [0.2, 0.25) is 0 Å². The molecule has 7 nitrogen and oxygen atoms in total. The Labute approximate surface area is 203 Å². The van der Waals surface area contributed by atoms with Gasteiger partial charge in [0.1, 0.15) is 11.5 Å². The number of rotatable bonds is 5. The molecule has 2 N–H and O–H groups in total. The minimum atomic E-state index is -0.505. The van der Waals surface area contributed by atoms with Crippen molar-refractivity contribution in [2.75, 3.05) is 10.6 Å². The van der Waals surface area contributed by atoms with Gasteiger partial charge >= 0.3 is 0 Å². The van der Waals surface area contributed by atoms with Crippen molar-refractivity contribution in [2.24, 2.45) is 0 Å². The van der Waals surface area contributed by atoms with Crippen molar-refractivity contribution in [2.45, 2.75) is 25.8 Å². The van der Waals surface area contributed by atoms with Crippen LogP contribution < -0.4 is 16.2 Å². The topological polar surface area (TPSA) is 88.9 Å². The van der Waals surface area contributed by atoms with Gasteiger partial charge in [-0.05, 0) is 73.3 Å². The largest absolute Gasteiger partial charge is 0.338 e. The number of hydrogen-bond donors (Lipinski definition) is 2. The number of carbonyl (C=O) groups excluding carboxylic acids is 1. The van der Waals surface area contributed by atoms with Crippen LogP contribution in [0.25, 0.3) is 21.0 Å². The highest BCUT2D eigenvalue weighted by atomic mass is 32.1. The van der Waals surface area contributed by atoms with Crippen molar-refractivity contribution in [3.8, 4) is 0 Å². The number of fused-ring (bicyclic) bond motifs is 2. The first-order valence-electron chi connectivity index (χ1n) is 11.2. The molecule has 0 bridgehead atoms. The Morgan fingerprint density at radius 1 is 1.09 bits per heavy atom. The lowest BCUT2D eigenvalue weighted by atomic mass is 10.1. The number of carbonyl (C=O) groups is 1. The molecule has 3 heterocycles. The first kappa shape index (κ1) is 21.4. The Morgan fingerprint density at radius 2 is 1.91 bits per heavy atom. The molecule has 174 valence electrons. The van der Waals surface area contributed by atoms with E-state index in [1.54, 1.807) is 22.9 Å². The molecule has 1 aliphatic rings. The van der Waals surface area contributed by atoms with Crippen LogP contribution in [-0.2, 0) is 0 Å². The molecule has 1 amide bonds. The molecule has 0 saturated heterocycles. The van der Waals surface area contributed by atoms with Gasteiger partial charge in [0.15, 0.2) is 5.82 Å². The van der Waals surface area contributed by atoms with E-state index in [1.165, 1.54) is 12.1 Å². The van der Waals surface area contributed by atoms with Crippen molar-refractivity contribution in [3.63, 3.8) is 0 Å². The van der Waals surface area contributed by atoms with Crippen molar-refractivity contribution in [1.82, 2.24) is 13.9 Å². The normalized spacial score (nSPS) is 13.3. The van der Waals surface area contributed by atoms with Gasteiger partial charge < -0.3 is 15.2 Å². The lowest BCUT2D eigenvalue weighted by molar-refractivity contribution is 0.102. The van der Waals surface area contributed by atoms with Gasteiger partial charge in [-0.25, -0.2) is 9.37 Å². The fourth-order valence-electron chi connectivity index (χ4n) is 4.11. The van der Waals surface area contributed by atoms with Gasteiger partial charge in [-0.2, -0.15) is 4.37 Å². The zero-order chi connectivity index (χ0) is 24.1. The molecular formula is C26H20FN5O2S. The van der Waals surface area contributed by atoms with Gasteiger partial charge in [0, 0.05) is 23.3 Å². The second-order valence-corrected chi connectivity index (χ2v) is 9.45. The number of benzene rings is 2. The maximum Gasteiger partial charge on any atom is 0.276 e. The summed E-state index contributed by atoms with van der Waals surface area (Å²) in [5, 5.41) is 7.00. The van der Waals surface area contributed by atoms with Gasteiger partial charge in [-0.1, -0.05) is 18.2 Å². The van der Waals surface area contributed by atoms with Crippen LogP contribution >= 0.6 is 11.5 Å². The second kappa shape index (κ2) is 8.28. The molecule has 0 atom stereocenters. The van der Waals surface area contributed by atoms with Crippen LogP contribution in [0.2, 0.25) is 0 Å². The third kappa shape index (κ3) is 3.93. The average molecular weight is 486 g/mol. The number of aromatic nitrogens is 3. The maximum atomic E-state index is 13.8. The molecule has 0 spiro atoms. The molecule has 0 aliphatic heterocycles. The zero-order valence-corrected chi connectivity index (χ0v) is 19.5. The fraction of sp³-hybridized carbons (Fsp3) is 0.154. The quantitative estimate of drug-likeness (QED) is 0.329. The summed E-state index contributed by atoms with van der Waals surface area (Å²) in [5.41, 5.74) is 2.67. The van der Waals surface area contributed by atoms with E-state index in [9.17, 15) is 14.0 Å². The van der Waals surface area contributed by atoms with Crippen LogP contribution in [-0.4, -0.2) is 19.8 Å². The number of anilines is 3. The predicted octanol–water partition coefficient (Wildman–Crippen LogP) is 5.78. The highest BCUT2D eigenvalue weighted by Crippen LogP contribution is 2.35. The van der Waals surface area contributed by atoms with Crippen LogP contribution in [0.5, 0.6) is 0 Å². The van der Waals surface area contributed by atoms with E-state index in [0.717, 1.165) is 35.6 Å². The summed E-state index contributed by atoms with van der Waals surface area (Å²) in [6, 6.07) is 15.6. The minimum Gasteiger partial charge on any atom is -0.338 e. The standard InChI is InChI=1S/C26H20FN5O2S/c1-14-4-2-3-5-19(14)28-24-21(13-17-20(29-24)10-11-32(26(17)34)16-7-8-16)30-25(33)23-18-12-15(27)6-9-22(18)35-31-23/h2-6,9-13,16H,7-8H2,1H3,(H,28,29)(H,30,33). The number of hydrogen-bond acceptors (Lipinski definition) is 6. The third-order valence-corrected chi connectivity index (χ3v) is 6.97. The maximum absolute atomic E-state index is 13.8. The highest BCUT2D eigenvalue weighted by molar-refractivity contribution is 7.13. The number of nitrogens with one attached hydrogen (secondary N) is 2. The Hall–Kier alpha value is -4.11. The second-order valence-electron chi connectivity index (χ2n) is 8.64. The molecular weight excluding hydrogens is 465 g/mol. The third-order valence-electron chi connectivity index (χ3n) is 6.14. The van der Waals surface area contributed by atoms with E-state index in [1.807, 2.05) is 37.3 Å². The summed E-state index contributed by atoms with van der Waals surface area (Å²) < 4.78 is 20.5. The van der Waals surface area contributed by atoms with Crippen LogP contribution in [0, 0.1) is 12.7 Å². The van der Waals surface area contributed by atoms with E-state index in [-0.39, 0.29) is 17.3 Å². The van der Waals surface area contributed by atoms with Crippen molar-refractivity contribution in [1.29, 1.82) is 0 Å². The van der Waals surface area contributed by atoms with Crippen LogP contribution in [0.15, 0.2) is 65.6 Å². The van der Waals surface area contributed by atoms with Gasteiger partial charge in [-0.3, -0.25) is 9.59 Å². The highest BCUT2D eigenvalue weighted by Gasteiger charge is 2.25. The van der Waals surface area contributed by atoms with Crippen molar-refractivity contribution >= 4 is 55.6 Å². The lowest BCUT2D eigenvalue weighted by Gasteiger charge is -2.15. The number of amides is 1. The van der Waals surface area contributed by atoms with Crippen LogP contribution in [0.4, 0.5) is 21.6 Å². The van der Waals surface area contributed by atoms with Crippen LogP contribution in [0.3, 0.4) is 0 Å². The Morgan fingerprint density at radius 3 is 2.71 bits per heavy atom. The monoisotopic (exact) mass is 485 g/mol. The number of nitrogens with zero attached hydrogens (tertiary/aromatic N) is 3. The van der Waals surface area contributed by atoms with E-state index >= 15 is 0 Å². The lowest BCUT2D eigenvalue weighted by Crippen LogP contribution is -2.20. The average Bonchev–Trinajstić information content (AvgIpc) is 3.60. The molecule has 9 heteroatoms. The van der Waals surface area contributed by atoms with E-state index in [0.29, 0.717) is 32.5 Å². The molecule has 1 fully saturated rings. The number of pyridine rings is 2. The zero-order valence-electron chi connectivity index (χ0n) is 18.7. The molecule has 6 rings (SSSR count). The Kier molecular flexibility index (Phi) is 5.07. The number of para-hydroxylation sites is 1. The first-order chi connectivity index (χ1) is 17.0. The minimum absolute atomic E-state index is 0.120. The molecule has 1 aliphatic carbocycles. The SMILES string of the molecule is Cc1ccccc1Nc1nc2ccn(C3CC3)c(=O)c2cc1NC(=O)c1nsc2ccc(F)cc12. The first-order valence-corrected chi connectivity index (χ1v) is 12.0. The summed E-state index contributed by atoms with van der Waals surface area (Å²) in [5.74, 6) is -0.551.